The second-order valence-corrected chi connectivity index (χ2v) is 7.06. The van der Waals surface area contributed by atoms with Gasteiger partial charge in [-0.15, -0.1) is 0 Å². The fraction of sp³-hybridized carbons (Fsp3) is 0.333. The second kappa shape index (κ2) is 8.15. The van der Waals surface area contributed by atoms with E-state index in [0.29, 0.717) is 12.3 Å². The summed E-state index contributed by atoms with van der Waals surface area (Å²) in [5.41, 5.74) is 4.46. The molecule has 136 valence electrons. The molecule has 0 saturated carbocycles. The van der Waals surface area contributed by atoms with Crippen LogP contribution in [0.4, 0.5) is 5.69 Å². The Labute approximate surface area is 154 Å². The van der Waals surface area contributed by atoms with E-state index in [1.54, 1.807) is 0 Å². The number of rotatable bonds is 5. The van der Waals surface area contributed by atoms with Gasteiger partial charge in [0.2, 0.25) is 5.91 Å². The highest BCUT2D eigenvalue weighted by Gasteiger charge is 2.27. The van der Waals surface area contributed by atoms with Gasteiger partial charge < -0.3 is 16.0 Å². The number of carbonyl (C=O) groups excluding carboxylic acids is 2. The highest BCUT2D eigenvalue weighted by Crippen LogP contribution is 2.17. The van der Waals surface area contributed by atoms with Crippen molar-refractivity contribution in [2.75, 3.05) is 11.9 Å². The van der Waals surface area contributed by atoms with E-state index in [4.69, 9.17) is 0 Å². The summed E-state index contributed by atoms with van der Waals surface area (Å²) in [5, 5.41) is 7.60. The molecule has 2 amide bonds. The van der Waals surface area contributed by atoms with Crippen LogP contribution in [0.15, 0.2) is 48.5 Å². The molecule has 4 N–H and O–H groups in total. The number of amides is 2. The number of fused-ring (bicyclic) bond motifs is 1. The summed E-state index contributed by atoms with van der Waals surface area (Å²) in [4.78, 5) is 24.4. The molecular weight excluding hydrogens is 326 g/mol. The summed E-state index contributed by atoms with van der Waals surface area (Å²) < 4.78 is 0. The second-order valence-electron chi connectivity index (χ2n) is 7.06. The Balaban J connectivity index is 1.48. The maximum absolute atomic E-state index is 12.4. The third-order valence-corrected chi connectivity index (χ3v) is 4.80. The molecule has 0 radical (unpaired) electrons. The number of hydrogen-bond acceptors (Lipinski definition) is 2. The summed E-state index contributed by atoms with van der Waals surface area (Å²) in [6, 6.07) is 15.8. The first-order valence-corrected chi connectivity index (χ1v) is 9.10. The molecule has 0 fully saturated rings. The van der Waals surface area contributed by atoms with Crippen molar-refractivity contribution in [3.05, 3.63) is 65.2 Å². The van der Waals surface area contributed by atoms with E-state index < -0.39 is 0 Å². The standard InChI is InChI=1S/C21H25N3O2/c1-14(2)15-7-9-18(10-8-15)24-20(25)13-23-21(26)19-11-16-5-3-4-6-17(16)12-22-19/h3-10,14,19,22H,11-13H2,1-2H3,(H,23,26)(H,24,25)/p+1/t19-/m0/s1. The predicted molar refractivity (Wildman–Crippen MR) is 102 cm³/mol. The Kier molecular flexibility index (Phi) is 5.68. The average molecular weight is 352 g/mol. The fourth-order valence-electron chi connectivity index (χ4n) is 3.20. The first kappa shape index (κ1) is 18.1. The minimum atomic E-state index is -0.216. The Bertz CT molecular complexity index is 784. The molecule has 26 heavy (non-hydrogen) atoms. The van der Waals surface area contributed by atoms with Crippen molar-refractivity contribution < 1.29 is 14.9 Å². The minimum absolute atomic E-state index is 0.0171. The van der Waals surface area contributed by atoms with Crippen LogP contribution in [0.3, 0.4) is 0 Å². The Hall–Kier alpha value is -2.66. The summed E-state index contributed by atoms with van der Waals surface area (Å²) in [7, 11) is 0. The van der Waals surface area contributed by atoms with E-state index in [9.17, 15) is 9.59 Å². The number of hydrogen-bond donors (Lipinski definition) is 3. The van der Waals surface area contributed by atoms with Crippen molar-refractivity contribution in [3.63, 3.8) is 0 Å². The molecule has 5 nitrogen and oxygen atoms in total. The van der Waals surface area contributed by atoms with Gasteiger partial charge in [-0.3, -0.25) is 9.59 Å². The predicted octanol–water partition coefficient (Wildman–Crippen LogP) is 1.55. The number of nitrogens with one attached hydrogen (secondary N) is 2. The van der Waals surface area contributed by atoms with Crippen LogP contribution in [0.1, 0.15) is 36.5 Å². The van der Waals surface area contributed by atoms with Gasteiger partial charge in [-0.25, -0.2) is 0 Å². The van der Waals surface area contributed by atoms with Gasteiger partial charge in [0, 0.05) is 17.7 Å². The van der Waals surface area contributed by atoms with Crippen molar-refractivity contribution in [3.8, 4) is 0 Å². The van der Waals surface area contributed by atoms with Crippen molar-refractivity contribution in [2.45, 2.75) is 38.8 Å². The zero-order valence-electron chi connectivity index (χ0n) is 15.3. The monoisotopic (exact) mass is 352 g/mol. The molecular formula is C21H26N3O2+. The van der Waals surface area contributed by atoms with E-state index in [1.165, 1.54) is 16.7 Å². The zero-order valence-corrected chi connectivity index (χ0v) is 15.3. The molecule has 0 aromatic heterocycles. The van der Waals surface area contributed by atoms with Crippen LogP contribution in [0.25, 0.3) is 0 Å². The van der Waals surface area contributed by atoms with Crippen LogP contribution in [-0.2, 0) is 22.6 Å². The van der Waals surface area contributed by atoms with E-state index in [1.807, 2.05) is 41.7 Å². The number of carbonyl (C=O) groups is 2. The first-order valence-electron chi connectivity index (χ1n) is 9.10. The van der Waals surface area contributed by atoms with Crippen LogP contribution in [0, 0.1) is 0 Å². The average Bonchev–Trinajstić information content (AvgIpc) is 2.66. The molecule has 3 rings (SSSR count). The highest BCUT2D eigenvalue weighted by atomic mass is 16.2. The molecule has 2 aromatic carbocycles. The van der Waals surface area contributed by atoms with Gasteiger partial charge in [0.05, 0.1) is 6.54 Å². The fourth-order valence-corrected chi connectivity index (χ4v) is 3.20. The van der Waals surface area contributed by atoms with Gasteiger partial charge in [-0.2, -0.15) is 0 Å². The van der Waals surface area contributed by atoms with Crippen LogP contribution in [-0.4, -0.2) is 24.4 Å². The summed E-state index contributed by atoms with van der Waals surface area (Å²) in [6.45, 7) is 5.03. The largest absolute Gasteiger partial charge is 0.342 e. The molecule has 1 atom stereocenters. The molecule has 2 aromatic rings. The molecule has 0 unspecified atom stereocenters. The summed E-state index contributed by atoms with van der Waals surface area (Å²) in [6.07, 6.45) is 0.695. The smallest absolute Gasteiger partial charge is 0.279 e. The van der Waals surface area contributed by atoms with Gasteiger partial charge in [0.15, 0.2) is 6.04 Å². The summed E-state index contributed by atoms with van der Waals surface area (Å²) in [5.74, 6) is 0.146. The molecule has 0 saturated heterocycles. The van der Waals surface area contributed by atoms with Gasteiger partial charge in [-0.05, 0) is 29.2 Å². The lowest BCUT2D eigenvalue weighted by atomic mass is 9.95. The molecule has 1 aliphatic heterocycles. The number of quaternary nitrogens is 1. The quantitative estimate of drug-likeness (QED) is 0.764. The Morgan fingerprint density at radius 1 is 1.08 bits per heavy atom. The third-order valence-electron chi connectivity index (χ3n) is 4.80. The molecule has 5 heteroatoms. The first-order chi connectivity index (χ1) is 12.5. The van der Waals surface area contributed by atoms with Gasteiger partial charge in [-0.1, -0.05) is 50.2 Å². The summed E-state index contributed by atoms with van der Waals surface area (Å²) >= 11 is 0. The van der Waals surface area contributed by atoms with E-state index in [0.717, 1.165) is 12.2 Å². The van der Waals surface area contributed by atoms with Crippen LogP contribution in [0.5, 0.6) is 0 Å². The Morgan fingerprint density at radius 3 is 2.46 bits per heavy atom. The number of nitrogens with two attached hydrogens (primary N) is 1. The molecule has 1 aliphatic rings. The van der Waals surface area contributed by atoms with E-state index >= 15 is 0 Å². The highest BCUT2D eigenvalue weighted by molar-refractivity contribution is 5.95. The maximum atomic E-state index is 12.4. The normalized spacial score (nSPS) is 16.0. The van der Waals surface area contributed by atoms with Gasteiger partial charge in [0.1, 0.15) is 6.54 Å². The SMILES string of the molecule is CC(C)c1ccc(NC(=O)CNC(=O)[C@@H]2Cc3ccccc3C[NH2+]2)cc1. The van der Waals surface area contributed by atoms with Crippen molar-refractivity contribution in [1.82, 2.24) is 5.32 Å². The number of benzene rings is 2. The maximum Gasteiger partial charge on any atom is 0.279 e. The van der Waals surface area contributed by atoms with Gasteiger partial charge >= 0.3 is 0 Å². The lowest BCUT2D eigenvalue weighted by Crippen LogP contribution is -2.93. The van der Waals surface area contributed by atoms with Crippen molar-refractivity contribution in [2.24, 2.45) is 0 Å². The van der Waals surface area contributed by atoms with E-state index in [2.05, 4.69) is 36.6 Å². The number of anilines is 1. The zero-order chi connectivity index (χ0) is 18.5. The topological polar surface area (TPSA) is 74.8 Å². The minimum Gasteiger partial charge on any atom is -0.342 e. The lowest BCUT2D eigenvalue weighted by Gasteiger charge is -2.22. The molecule has 0 bridgehead atoms. The van der Waals surface area contributed by atoms with Crippen LogP contribution < -0.4 is 16.0 Å². The third kappa shape index (κ3) is 4.49. The van der Waals surface area contributed by atoms with Crippen molar-refractivity contribution in [1.29, 1.82) is 0 Å². The van der Waals surface area contributed by atoms with E-state index in [-0.39, 0.29) is 24.4 Å². The lowest BCUT2D eigenvalue weighted by molar-refractivity contribution is -0.695. The van der Waals surface area contributed by atoms with Crippen molar-refractivity contribution >= 4 is 17.5 Å². The molecule has 0 aliphatic carbocycles. The molecule has 1 heterocycles. The van der Waals surface area contributed by atoms with Gasteiger partial charge in [0.25, 0.3) is 5.91 Å². The van der Waals surface area contributed by atoms with Crippen LogP contribution in [0.2, 0.25) is 0 Å². The molecule has 0 spiro atoms. The van der Waals surface area contributed by atoms with Crippen LogP contribution >= 0.6 is 0 Å². The Morgan fingerprint density at radius 2 is 1.77 bits per heavy atom.